The number of nitrogens with one attached hydrogen (secondary N) is 1. The van der Waals surface area contributed by atoms with Crippen molar-refractivity contribution in [3.8, 4) is 0 Å². The molecule has 0 radical (unpaired) electrons. The number of pyridine rings is 1. The number of benzene rings is 1. The first kappa shape index (κ1) is 12.7. The van der Waals surface area contributed by atoms with Crippen molar-refractivity contribution >= 4 is 21.9 Å². The van der Waals surface area contributed by atoms with Crippen LogP contribution in [0, 0.1) is 5.82 Å². The molecule has 0 atom stereocenters. The van der Waals surface area contributed by atoms with E-state index in [0.717, 1.165) is 40.6 Å². The van der Waals surface area contributed by atoms with Gasteiger partial charge in [-0.15, -0.1) is 0 Å². The highest BCUT2D eigenvalue weighted by Gasteiger charge is 2.24. The second-order valence-electron chi connectivity index (χ2n) is 5.75. The van der Waals surface area contributed by atoms with Crippen LogP contribution in [0.2, 0.25) is 0 Å². The minimum atomic E-state index is -0.678. The van der Waals surface area contributed by atoms with E-state index in [4.69, 9.17) is 0 Å². The molecular weight excluding hydrogens is 272 g/mol. The standard InChI is InChI=1S/C16H15F2N3/c17-10-3-1-9(2-4-10)16-20-14-8-19-13-6-5-11(18)7-12(13)15(14)21-16/h5-10H,1-4H2,(H,20,21)/t9-,10+. The summed E-state index contributed by atoms with van der Waals surface area (Å²) < 4.78 is 26.7. The number of rotatable bonds is 1. The molecule has 0 spiro atoms. The molecule has 3 nitrogen and oxygen atoms in total. The minimum Gasteiger partial charge on any atom is -0.341 e. The SMILES string of the molecule is Fc1ccc2ncc3nc([C@H]4CC[C@@H](F)CC4)[nH]c3c2c1. The van der Waals surface area contributed by atoms with Gasteiger partial charge in [-0.2, -0.15) is 0 Å². The zero-order valence-corrected chi connectivity index (χ0v) is 11.4. The number of hydrogen-bond donors (Lipinski definition) is 1. The van der Waals surface area contributed by atoms with Gasteiger partial charge in [-0.1, -0.05) is 0 Å². The van der Waals surface area contributed by atoms with Gasteiger partial charge < -0.3 is 4.98 Å². The number of H-pyrrole nitrogens is 1. The zero-order chi connectivity index (χ0) is 14.4. The first-order chi connectivity index (χ1) is 10.2. The van der Waals surface area contributed by atoms with E-state index in [9.17, 15) is 8.78 Å². The summed E-state index contributed by atoms with van der Waals surface area (Å²) in [5, 5.41) is 0.741. The van der Waals surface area contributed by atoms with Crippen LogP contribution in [0.3, 0.4) is 0 Å². The number of fused-ring (bicyclic) bond motifs is 3. The fourth-order valence-corrected chi connectivity index (χ4v) is 3.18. The molecule has 0 saturated heterocycles. The van der Waals surface area contributed by atoms with Crippen molar-refractivity contribution in [3.63, 3.8) is 0 Å². The van der Waals surface area contributed by atoms with E-state index in [1.807, 2.05) is 0 Å². The predicted octanol–water partition coefficient (Wildman–Crippen LogP) is 4.25. The van der Waals surface area contributed by atoms with Crippen molar-refractivity contribution < 1.29 is 8.78 Å². The average Bonchev–Trinajstić information content (AvgIpc) is 2.92. The molecule has 2 heterocycles. The van der Waals surface area contributed by atoms with Crippen molar-refractivity contribution in [2.45, 2.75) is 37.8 Å². The van der Waals surface area contributed by atoms with E-state index < -0.39 is 6.17 Å². The van der Waals surface area contributed by atoms with Gasteiger partial charge in [-0.3, -0.25) is 4.98 Å². The molecule has 0 bridgehead atoms. The third-order valence-corrected chi connectivity index (χ3v) is 4.35. The van der Waals surface area contributed by atoms with Gasteiger partial charge in [-0.25, -0.2) is 13.8 Å². The summed E-state index contributed by atoms with van der Waals surface area (Å²) in [6.07, 6.45) is 3.82. The summed E-state index contributed by atoms with van der Waals surface area (Å²) in [7, 11) is 0. The Labute approximate surface area is 120 Å². The third kappa shape index (κ3) is 2.17. The van der Waals surface area contributed by atoms with E-state index in [1.165, 1.54) is 12.1 Å². The van der Waals surface area contributed by atoms with Crippen molar-refractivity contribution in [1.29, 1.82) is 0 Å². The van der Waals surface area contributed by atoms with Crippen LogP contribution in [-0.2, 0) is 0 Å². The highest BCUT2D eigenvalue weighted by molar-refractivity contribution is 6.01. The number of imidazole rings is 1. The molecule has 4 rings (SSSR count). The van der Waals surface area contributed by atoms with Crippen LogP contribution < -0.4 is 0 Å². The monoisotopic (exact) mass is 287 g/mol. The van der Waals surface area contributed by atoms with Gasteiger partial charge in [0.25, 0.3) is 0 Å². The second kappa shape index (κ2) is 4.76. The first-order valence-electron chi connectivity index (χ1n) is 7.28. The maximum absolute atomic E-state index is 13.5. The fraction of sp³-hybridized carbons (Fsp3) is 0.375. The van der Waals surface area contributed by atoms with Gasteiger partial charge in [0.1, 0.15) is 23.3 Å². The van der Waals surface area contributed by atoms with Crippen LogP contribution in [0.5, 0.6) is 0 Å². The van der Waals surface area contributed by atoms with Crippen LogP contribution in [0.4, 0.5) is 8.78 Å². The van der Waals surface area contributed by atoms with Crippen LogP contribution in [0.15, 0.2) is 24.4 Å². The summed E-state index contributed by atoms with van der Waals surface area (Å²) in [6.45, 7) is 0. The van der Waals surface area contributed by atoms with Gasteiger partial charge >= 0.3 is 0 Å². The predicted molar refractivity (Wildman–Crippen MR) is 77.5 cm³/mol. The lowest BCUT2D eigenvalue weighted by Crippen LogP contribution is -2.14. The number of nitrogens with zero attached hydrogens (tertiary/aromatic N) is 2. The molecule has 2 aromatic heterocycles. The van der Waals surface area contributed by atoms with Gasteiger partial charge in [0.2, 0.25) is 0 Å². The Hall–Kier alpha value is -2.04. The maximum Gasteiger partial charge on any atom is 0.124 e. The van der Waals surface area contributed by atoms with Gasteiger partial charge in [0.15, 0.2) is 0 Å². The molecule has 1 N–H and O–H groups in total. The van der Waals surface area contributed by atoms with Crippen molar-refractivity contribution in [2.75, 3.05) is 0 Å². The van der Waals surface area contributed by atoms with Crippen LogP contribution in [-0.4, -0.2) is 21.1 Å². The number of aromatic nitrogens is 3. The topological polar surface area (TPSA) is 41.6 Å². The molecule has 1 aliphatic carbocycles. The highest BCUT2D eigenvalue weighted by atomic mass is 19.1. The quantitative estimate of drug-likeness (QED) is 0.727. The Balaban J connectivity index is 1.82. The fourth-order valence-electron chi connectivity index (χ4n) is 3.18. The molecule has 0 amide bonds. The van der Waals surface area contributed by atoms with E-state index in [1.54, 1.807) is 12.3 Å². The first-order valence-corrected chi connectivity index (χ1v) is 7.28. The van der Waals surface area contributed by atoms with E-state index in [-0.39, 0.29) is 11.7 Å². The van der Waals surface area contributed by atoms with Gasteiger partial charge in [0, 0.05) is 11.3 Å². The molecule has 0 aliphatic heterocycles. The number of aromatic amines is 1. The van der Waals surface area contributed by atoms with Crippen molar-refractivity contribution in [3.05, 3.63) is 36.0 Å². The zero-order valence-electron chi connectivity index (χ0n) is 11.4. The molecule has 0 unspecified atom stereocenters. The van der Waals surface area contributed by atoms with Crippen molar-refractivity contribution in [1.82, 2.24) is 15.0 Å². The molecule has 3 aromatic rings. The molecule has 1 saturated carbocycles. The van der Waals surface area contributed by atoms with Gasteiger partial charge in [0.05, 0.1) is 17.2 Å². The lowest BCUT2D eigenvalue weighted by Gasteiger charge is -2.22. The third-order valence-electron chi connectivity index (χ3n) is 4.35. The summed E-state index contributed by atoms with van der Waals surface area (Å²) in [5.74, 6) is 0.842. The van der Waals surface area contributed by atoms with Gasteiger partial charge in [-0.05, 0) is 43.9 Å². The molecule has 108 valence electrons. The lowest BCUT2D eigenvalue weighted by molar-refractivity contribution is 0.232. The molecule has 1 fully saturated rings. The average molecular weight is 287 g/mol. The van der Waals surface area contributed by atoms with Crippen LogP contribution >= 0.6 is 0 Å². The summed E-state index contributed by atoms with van der Waals surface area (Å²) in [4.78, 5) is 12.2. The maximum atomic E-state index is 13.5. The van der Waals surface area contributed by atoms with E-state index in [2.05, 4.69) is 15.0 Å². The largest absolute Gasteiger partial charge is 0.341 e. The van der Waals surface area contributed by atoms with Crippen LogP contribution in [0.1, 0.15) is 37.4 Å². The Bertz CT molecular complexity index is 804. The Morgan fingerprint density at radius 2 is 1.90 bits per heavy atom. The van der Waals surface area contributed by atoms with Crippen molar-refractivity contribution in [2.24, 2.45) is 0 Å². The Kier molecular flexibility index (Phi) is 2.87. The summed E-state index contributed by atoms with van der Waals surface area (Å²) in [6, 6.07) is 4.55. The normalized spacial score (nSPS) is 23.0. The summed E-state index contributed by atoms with van der Waals surface area (Å²) in [5.41, 5.74) is 2.30. The lowest BCUT2D eigenvalue weighted by atomic mass is 9.88. The van der Waals surface area contributed by atoms with Crippen LogP contribution in [0.25, 0.3) is 21.9 Å². The molecular formula is C16H15F2N3. The smallest absolute Gasteiger partial charge is 0.124 e. The molecule has 1 aromatic carbocycles. The minimum absolute atomic E-state index is 0.257. The Morgan fingerprint density at radius 1 is 1.10 bits per heavy atom. The number of halogens is 2. The van der Waals surface area contributed by atoms with E-state index >= 15 is 0 Å². The van der Waals surface area contributed by atoms with E-state index in [0.29, 0.717) is 12.8 Å². The Morgan fingerprint density at radius 3 is 2.71 bits per heavy atom. The number of hydrogen-bond acceptors (Lipinski definition) is 2. The number of alkyl halides is 1. The second-order valence-corrected chi connectivity index (χ2v) is 5.75. The molecule has 5 heteroatoms. The molecule has 21 heavy (non-hydrogen) atoms. The highest BCUT2D eigenvalue weighted by Crippen LogP contribution is 2.34. The summed E-state index contributed by atoms with van der Waals surface area (Å²) >= 11 is 0. The molecule has 1 aliphatic rings.